The van der Waals surface area contributed by atoms with E-state index in [1.807, 2.05) is 0 Å². The van der Waals surface area contributed by atoms with Crippen molar-refractivity contribution in [1.29, 1.82) is 0 Å². The Bertz CT molecular complexity index is 475. The van der Waals surface area contributed by atoms with Crippen LogP contribution in [0.25, 0.3) is 10.9 Å². The Morgan fingerprint density at radius 3 is 3.00 bits per heavy atom. The average molecular weight is 177 g/mol. The number of rotatable bonds is 1. The molecule has 0 spiro atoms. The summed E-state index contributed by atoms with van der Waals surface area (Å²) in [6.07, 6.45) is 1.40. The van der Waals surface area contributed by atoms with E-state index in [1.54, 1.807) is 18.2 Å². The second-order valence-corrected chi connectivity index (χ2v) is 2.69. The quantitative estimate of drug-likeness (QED) is 0.617. The lowest BCUT2D eigenvalue weighted by molar-refractivity contribution is 0.100. The molecule has 0 aliphatic heterocycles. The van der Waals surface area contributed by atoms with E-state index in [0.29, 0.717) is 21.3 Å². The van der Waals surface area contributed by atoms with Crippen LogP contribution in [0, 0.1) is 0 Å². The van der Waals surface area contributed by atoms with Crippen LogP contribution >= 0.6 is 0 Å². The summed E-state index contributed by atoms with van der Waals surface area (Å²) in [6, 6.07) is 4.78. The Balaban J connectivity index is 2.67. The van der Waals surface area contributed by atoms with E-state index in [9.17, 15) is 4.79 Å². The molecular weight excluding hydrogens is 170 g/mol. The molecule has 3 N–H and O–H groups in total. The van der Waals surface area contributed by atoms with Gasteiger partial charge in [0.05, 0.1) is 11.7 Å². The van der Waals surface area contributed by atoms with Gasteiger partial charge in [-0.1, -0.05) is 0 Å². The van der Waals surface area contributed by atoms with Gasteiger partial charge in [0.15, 0.2) is 0 Å². The van der Waals surface area contributed by atoms with Crippen LogP contribution in [0.3, 0.4) is 0 Å². The molecule has 0 bridgehead atoms. The van der Waals surface area contributed by atoms with E-state index in [-0.39, 0.29) is 0 Å². The van der Waals surface area contributed by atoms with Gasteiger partial charge in [-0.25, -0.2) is 0 Å². The lowest BCUT2D eigenvalue weighted by atomic mass is 10.1. The van der Waals surface area contributed by atoms with Gasteiger partial charge in [0.2, 0.25) is 5.91 Å². The van der Waals surface area contributed by atoms with E-state index in [1.165, 1.54) is 6.20 Å². The van der Waals surface area contributed by atoms with Crippen LogP contribution in [0.2, 0.25) is 0 Å². The van der Waals surface area contributed by atoms with Gasteiger partial charge in [0.25, 0.3) is 0 Å². The summed E-state index contributed by atoms with van der Waals surface area (Å²) < 4.78 is 0. The first-order chi connectivity index (χ1) is 6.16. The molecule has 0 aliphatic carbocycles. The number of amides is 1. The molecule has 66 valence electrons. The Kier molecular flexibility index (Phi) is 1.45. The smallest absolute Gasteiger partial charge is 0.248 e. The van der Waals surface area contributed by atoms with Crippen LogP contribution in [-0.4, -0.2) is 21.1 Å². The summed E-state index contributed by atoms with van der Waals surface area (Å²) in [5.74, 6) is -0.493. The number of carbonyl (C=O) groups excluding carboxylic acids is 1. The standard InChI is InChI=1S/C8H7N3O2/c9-8(12)5-1-2-7-6(3-5)4-11(13)10-7/h1-4,13H,(H2,9,12). The normalized spacial score (nSPS) is 10.5. The highest BCUT2D eigenvalue weighted by molar-refractivity contribution is 5.96. The van der Waals surface area contributed by atoms with Gasteiger partial charge >= 0.3 is 0 Å². The first-order valence-electron chi connectivity index (χ1n) is 3.65. The number of aromatic nitrogens is 2. The van der Waals surface area contributed by atoms with Gasteiger partial charge in [-0.15, -0.1) is 9.94 Å². The molecule has 0 aliphatic rings. The van der Waals surface area contributed by atoms with Crippen LogP contribution < -0.4 is 5.73 Å². The molecule has 2 aromatic rings. The molecule has 1 heterocycles. The Hall–Kier alpha value is -2.04. The summed E-state index contributed by atoms with van der Waals surface area (Å²) in [4.78, 5) is 11.5. The Labute approximate surface area is 73.3 Å². The third-order valence-electron chi connectivity index (χ3n) is 1.78. The fourth-order valence-corrected chi connectivity index (χ4v) is 1.17. The number of hydrogen-bond acceptors (Lipinski definition) is 3. The topological polar surface area (TPSA) is 81.1 Å². The SMILES string of the molecule is NC(=O)c1ccc2nn(O)cc2c1. The Morgan fingerprint density at radius 2 is 2.31 bits per heavy atom. The highest BCUT2D eigenvalue weighted by atomic mass is 16.5. The highest BCUT2D eigenvalue weighted by Gasteiger charge is 2.03. The zero-order chi connectivity index (χ0) is 9.42. The number of benzene rings is 1. The van der Waals surface area contributed by atoms with E-state index in [0.717, 1.165) is 0 Å². The van der Waals surface area contributed by atoms with Crippen LogP contribution in [0.5, 0.6) is 0 Å². The second kappa shape index (κ2) is 2.48. The van der Waals surface area contributed by atoms with E-state index in [4.69, 9.17) is 10.9 Å². The van der Waals surface area contributed by atoms with Gasteiger partial charge < -0.3 is 10.9 Å². The number of nitrogens with zero attached hydrogens (tertiary/aromatic N) is 2. The average Bonchev–Trinajstić information content (AvgIpc) is 2.42. The van der Waals surface area contributed by atoms with Crippen molar-refractivity contribution in [1.82, 2.24) is 9.94 Å². The zero-order valence-corrected chi connectivity index (χ0v) is 6.64. The number of nitrogens with two attached hydrogens (primary N) is 1. The van der Waals surface area contributed by atoms with Crippen molar-refractivity contribution in [2.75, 3.05) is 0 Å². The minimum Gasteiger partial charge on any atom is -0.412 e. The van der Waals surface area contributed by atoms with Crippen molar-refractivity contribution in [3.63, 3.8) is 0 Å². The summed E-state index contributed by atoms with van der Waals surface area (Å²) in [6.45, 7) is 0. The van der Waals surface area contributed by atoms with Crippen molar-refractivity contribution < 1.29 is 10.0 Å². The van der Waals surface area contributed by atoms with Crippen LogP contribution in [0.4, 0.5) is 0 Å². The summed E-state index contributed by atoms with van der Waals surface area (Å²) in [5.41, 5.74) is 6.10. The molecule has 2 rings (SSSR count). The molecule has 0 saturated heterocycles. The molecule has 0 fully saturated rings. The summed E-state index contributed by atoms with van der Waals surface area (Å²) >= 11 is 0. The van der Waals surface area contributed by atoms with Crippen LogP contribution in [0.1, 0.15) is 10.4 Å². The van der Waals surface area contributed by atoms with Crippen LogP contribution in [0.15, 0.2) is 24.4 Å². The summed E-state index contributed by atoms with van der Waals surface area (Å²) in [7, 11) is 0. The number of primary amides is 1. The van der Waals surface area contributed by atoms with E-state index in [2.05, 4.69) is 5.10 Å². The predicted molar refractivity (Wildman–Crippen MR) is 45.4 cm³/mol. The molecule has 1 amide bonds. The van der Waals surface area contributed by atoms with Crippen molar-refractivity contribution in [2.24, 2.45) is 5.73 Å². The van der Waals surface area contributed by atoms with Crippen LogP contribution in [-0.2, 0) is 0 Å². The maximum Gasteiger partial charge on any atom is 0.248 e. The van der Waals surface area contributed by atoms with Gasteiger partial charge in [-0.2, -0.15) is 0 Å². The van der Waals surface area contributed by atoms with Gasteiger partial charge in [0.1, 0.15) is 0 Å². The molecule has 1 aromatic heterocycles. The minimum atomic E-state index is -0.493. The molecule has 0 unspecified atom stereocenters. The molecular formula is C8H7N3O2. The van der Waals surface area contributed by atoms with Gasteiger partial charge in [-0.05, 0) is 18.2 Å². The first kappa shape index (κ1) is 7.60. The molecule has 0 atom stereocenters. The summed E-state index contributed by atoms with van der Waals surface area (Å²) in [5, 5.41) is 13.4. The fraction of sp³-hybridized carbons (Fsp3) is 0. The van der Waals surface area contributed by atoms with Gasteiger partial charge in [-0.3, -0.25) is 4.79 Å². The molecule has 1 aromatic carbocycles. The number of hydrogen-bond donors (Lipinski definition) is 2. The lowest BCUT2D eigenvalue weighted by Crippen LogP contribution is -2.10. The molecule has 5 nitrogen and oxygen atoms in total. The molecule has 0 radical (unpaired) electrons. The minimum absolute atomic E-state index is 0.403. The third-order valence-corrected chi connectivity index (χ3v) is 1.78. The highest BCUT2D eigenvalue weighted by Crippen LogP contribution is 2.13. The molecule has 0 saturated carbocycles. The van der Waals surface area contributed by atoms with E-state index >= 15 is 0 Å². The van der Waals surface area contributed by atoms with E-state index < -0.39 is 5.91 Å². The van der Waals surface area contributed by atoms with Crippen molar-refractivity contribution in [3.05, 3.63) is 30.0 Å². The Morgan fingerprint density at radius 1 is 1.54 bits per heavy atom. The largest absolute Gasteiger partial charge is 0.412 e. The first-order valence-corrected chi connectivity index (χ1v) is 3.65. The maximum absolute atomic E-state index is 10.8. The molecule has 13 heavy (non-hydrogen) atoms. The van der Waals surface area contributed by atoms with Gasteiger partial charge in [0, 0.05) is 10.9 Å². The predicted octanol–water partition coefficient (Wildman–Crippen LogP) is 0.372. The van der Waals surface area contributed by atoms with Crippen molar-refractivity contribution in [3.8, 4) is 0 Å². The lowest BCUT2D eigenvalue weighted by Gasteiger charge is -1.92. The number of carbonyl (C=O) groups is 1. The monoisotopic (exact) mass is 177 g/mol. The van der Waals surface area contributed by atoms with Crippen molar-refractivity contribution in [2.45, 2.75) is 0 Å². The number of fused-ring (bicyclic) bond motifs is 1. The second-order valence-electron chi connectivity index (χ2n) is 2.69. The molecule has 5 heteroatoms. The van der Waals surface area contributed by atoms with Crippen molar-refractivity contribution >= 4 is 16.8 Å². The maximum atomic E-state index is 10.8. The third kappa shape index (κ3) is 1.20. The fourth-order valence-electron chi connectivity index (χ4n) is 1.17. The zero-order valence-electron chi connectivity index (χ0n) is 6.64.